The van der Waals surface area contributed by atoms with Crippen molar-refractivity contribution >= 4 is 54.3 Å². The van der Waals surface area contributed by atoms with Crippen LogP contribution in [0.5, 0.6) is 0 Å². The Hall–Kier alpha value is -6.50. The van der Waals surface area contributed by atoms with E-state index in [4.69, 9.17) is 24.4 Å². The summed E-state index contributed by atoms with van der Waals surface area (Å²) in [5.74, 6) is 1.88. The standard InChI is InChI=1S/C44H26N4OS/c1-4-14-27(15-5-1)41-46-42(28-16-6-2-7-17-28)48-43(47-41)35-25-31(24-30-20-10-11-21-32(30)35)34-26-37-38(33-22-12-13-23-36(33)49-37)39-40(34)50-44(45-39)29-18-8-3-9-19-29/h1-26H. The normalized spacial score (nSPS) is 11.6. The first-order chi connectivity index (χ1) is 24.8. The minimum atomic E-state index is 0.617. The molecule has 50 heavy (non-hydrogen) atoms. The van der Waals surface area contributed by atoms with E-state index in [1.807, 2.05) is 78.9 Å². The van der Waals surface area contributed by atoms with Gasteiger partial charge in [-0.1, -0.05) is 133 Å². The number of hydrogen-bond donors (Lipinski definition) is 0. The van der Waals surface area contributed by atoms with Gasteiger partial charge in [-0.25, -0.2) is 19.9 Å². The fourth-order valence-corrected chi connectivity index (χ4v) is 7.89. The third-order valence-corrected chi connectivity index (χ3v) is 10.3. The van der Waals surface area contributed by atoms with Crippen molar-refractivity contribution in [2.24, 2.45) is 0 Å². The average molecular weight is 659 g/mol. The van der Waals surface area contributed by atoms with Gasteiger partial charge in [-0.15, -0.1) is 11.3 Å². The zero-order valence-electron chi connectivity index (χ0n) is 26.6. The summed E-state index contributed by atoms with van der Waals surface area (Å²) in [7, 11) is 0. The number of hydrogen-bond acceptors (Lipinski definition) is 6. The molecule has 0 bridgehead atoms. The summed E-state index contributed by atoms with van der Waals surface area (Å²) < 4.78 is 7.61. The Morgan fingerprint density at radius 1 is 0.420 bits per heavy atom. The molecule has 0 saturated heterocycles. The summed E-state index contributed by atoms with van der Waals surface area (Å²) in [6.07, 6.45) is 0. The molecule has 0 unspecified atom stereocenters. The van der Waals surface area contributed by atoms with Crippen molar-refractivity contribution in [3.05, 3.63) is 158 Å². The Balaban J connectivity index is 1.26. The molecule has 0 amide bonds. The van der Waals surface area contributed by atoms with Crippen LogP contribution in [0.3, 0.4) is 0 Å². The van der Waals surface area contributed by atoms with Gasteiger partial charge in [0.1, 0.15) is 16.2 Å². The monoisotopic (exact) mass is 658 g/mol. The van der Waals surface area contributed by atoms with Crippen LogP contribution in [0.25, 0.3) is 98.8 Å². The molecule has 0 aliphatic carbocycles. The van der Waals surface area contributed by atoms with Crippen molar-refractivity contribution in [1.82, 2.24) is 19.9 Å². The van der Waals surface area contributed by atoms with Crippen LogP contribution in [0.1, 0.15) is 0 Å². The number of fused-ring (bicyclic) bond motifs is 6. The van der Waals surface area contributed by atoms with E-state index in [0.29, 0.717) is 17.5 Å². The fourth-order valence-electron chi connectivity index (χ4n) is 6.78. The lowest BCUT2D eigenvalue weighted by molar-refractivity contribution is 0.669. The molecular weight excluding hydrogens is 633 g/mol. The first kappa shape index (κ1) is 28.5. The van der Waals surface area contributed by atoms with E-state index in [1.54, 1.807) is 11.3 Å². The number of aromatic nitrogens is 4. The Kier molecular flexibility index (Phi) is 6.60. The molecule has 234 valence electrons. The number of rotatable bonds is 5. The number of nitrogens with zero attached hydrogens (tertiary/aromatic N) is 4. The minimum absolute atomic E-state index is 0.617. The van der Waals surface area contributed by atoms with Crippen molar-refractivity contribution in [3.63, 3.8) is 0 Å². The van der Waals surface area contributed by atoms with E-state index in [9.17, 15) is 0 Å². The Morgan fingerprint density at radius 3 is 1.70 bits per heavy atom. The van der Waals surface area contributed by atoms with E-state index < -0.39 is 0 Å². The van der Waals surface area contributed by atoms with Gasteiger partial charge in [-0.3, -0.25) is 0 Å². The first-order valence-electron chi connectivity index (χ1n) is 16.5. The van der Waals surface area contributed by atoms with Gasteiger partial charge in [0.15, 0.2) is 17.5 Å². The lowest BCUT2D eigenvalue weighted by atomic mass is 9.95. The maximum Gasteiger partial charge on any atom is 0.164 e. The van der Waals surface area contributed by atoms with E-state index in [2.05, 4.69) is 78.9 Å². The molecule has 0 N–H and O–H groups in total. The predicted molar refractivity (Wildman–Crippen MR) is 205 cm³/mol. The van der Waals surface area contributed by atoms with Crippen molar-refractivity contribution in [1.29, 1.82) is 0 Å². The summed E-state index contributed by atoms with van der Waals surface area (Å²) in [6, 6.07) is 53.9. The zero-order chi connectivity index (χ0) is 33.0. The lowest BCUT2D eigenvalue weighted by Gasteiger charge is -2.13. The second-order valence-electron chi connectivity index (χ2n) is 12.2. The quantitative estimate of drug-likeness (QED) is 0.184. The summed E-state index contributed by atoms with van der Waals surface area (Å²) >= 11 is 1.71. The molecule has 5 nitrogen and oxygen atoms in total. The van der Waals surface area contributed by atoms with Gasteiger partial charge < -0.3 is 4.42 Å². The topological polar surface area (TPSA) is 64.7 Å². The smallest absolute Gasteiger partial charge is 0.164 e. The highest BCUT2D eigenvalue weighted by Gasteiger charge is 2.21. The molecule has 6 heteroatoms. The molecule has 10 rings (SSSR count). The van der Waals surface area contributed by atoms with Crippen molar-refractivity contribution in [3.8, 4) is 55.9 Å². The van der Waals surface area contributed by atoms with Gasteiger partial charge in [0.25, 0.3) is 0 Å². The summed E-state index contributed by atoms with van der Waals surface area (Å²) in [4.78, 5) is 20.5. The largest absolute Gasteiger partial charge is 0.456 e. The van der Waals surface area contributed by atoms with E-state index in [0.717, 1.165) is 81.3 Å². The van der Waals surface area contributed by atoms with Crippen molar-refractivity contribution in [2.45, 2.75) is 0 Å². The number of para-hydroxylation sites is 1. The maximum absolute atomic E-state index is 6.50. The first-order valence-corrected chi connectivity index (χ1v) is 17.3. The highest BCUT2D eigenvalue weighted by atomic mass is 32.1. The van der Waals surface area contributed by atoms with Crippen LogP contribution in [-0.4, -0.2) is 19.9 Å². The van der Waals surface area contributed by atoms with Crippen LogP contribution in [-0.2, 0) is 0 Å². The summed E-state index contributed by atoms with van der Waals surface area (Å²) in [6.45, 7) is 0. The van der Waals surface area contributed by atoms with Crippen LogP contribution in [0.4, 0.5) is 0 Å². The van der Waals surface area contributed by atoms with Gasteiger partial charge in [-0.05, 0) is 40.6 Å². The highest BCUT2D eigenvalue weighted by Crippen LogP contribution is 2.45. The highest BCUT2D eigenvalue weighted by molar-refractivity contribution is 7.22. The third-order valence-electron chi connectivity index (χ3n) is 9.14. The second kappa shape index (κ2) is 11.6. The fraction of sp³-hybridized carbons (Fsp3) is 0. The summed E-state index contributed by atoms with van der Waals surface area (Å²) in [5, 5.41) is 5.23. The van der Waals surface area contributed by atoms with E-state index >= 15 is 0 Å². The third kappa shape index (κ3) is 4.77. The van der Waals surface area contributed by atoms with Crippen LogP contribution in [0.2, 0.25) is 0 Å². The zero-order valence-corrected chi connectivity index (χ0v) is 27.4. The van der Waals surface area contributed by atoms with Crippen LogP contribution in [0.15, 0.2) is 162 Å². The summed E-state index contributed by atoms with van der Waals surface area (Å²) in [5.41, 5.74) is 8.59. The molecule has 0 spiro atoms. The molecule has 0 radical (unpaired) electrons. The SMILES string of the molecule is c1ccc(-c2nc(-c3ccccc3)nc(-c3cc(-c4cc5oc6ccccc6c5c5nc(-c6ccccc6)sc45)cc4ccccc34)n2)cc1. The molecule has 10 aromatic rings. The maximum atomic E-state index is 6.50. The Labute approximate surface area is 291 Å². The molecule has 0 fully saturated rings. The molecule has 3 heterocycles. The average Bonchev–Trinajstić information content (AvgIpc) is 3.80. The predicted octanol–water partition coefficient (Wildman–Crippen LogP) is 11.9. The molecule has 0 atom stereocenters. The van der Waals surface area contributed by atoms with Gasteiger partial charge in [0.2, 0.25) is 0 Å². The van der Waals surface area contributed by atoms with Crippen molar-refractivity contribution < 1.29 is 4.42 Å². The molecule has 0 aliphatic heterocycles. The van der Waals surface area contributed by atoms with Crippen LogP contribution >= 0.6 is 11.3 Å². The number of furan rings is 1. The van der Waals surface area contributed by atoms with Gasteiger partial charge in [0, 0.05) is 33.2 Å². The van der Waals surface area contributed by atoms with E-state index in [1.165, 1.54) is 0 Å². The molecule has 7 aromatic carbocycles. The van der Waals surface area contributed by atoms with E-state index in [-0.39, 0.29) is 0 Å². The molecule has 3 aromatic heterocycles. The lowest BCUT2D eigenvalue weighted by Crippen LogP contribution is -2.00. The molecular formula is C44H26N4OS. The van der Waals surface area contributed by atoms with Gasteiger partial charge >= 0.3 is 0 Å². The Morgan fingerprint density at radius 2 is 1.00 bits per heavy atom. The second-order valence-corrected chi connectivity index (χ2v) is 13.2. The number of benzene rings is 7. The minimum Gasteiger partial charge on any atom is -0.456 e. The molecule has 0 aliphatic rings. The number of thiazole rings is 1. The molecule has 0 saturated carbocycles. The Bertz CT molecular complexity index is 2810. The van der Waals surface area contributed by atoms with Gasteiger partial charge in [-0.2, -0.15) is 0 Å². The van der Waals surface area contributed by atoms with Crippen molar-refractivity contribution in [2.75, 3.05) is 0 Å². The van der Waals surface area contributed by atoms with Gasteiger partial charge in [0.05, 0.1) is 15.6 Å². The van der Waals surface area contributed by atoms with Crippen LogP contribution < -0.4 is 0 Å². The van der Waals surface area contributed by atoms with Crippen LogP contribution in [0, 0.1) is 0 Å².